The topological polar surface area (TPSA) is 99.7 Å². The number of likely N-dealkylation sites (N-methyl/N-ethyl adjacent to an activating group) is 1. The summed E-state index contributed by atoms with van der Waals surface area (Å²) in [4.78, 5) is 26.4. The van der Waals surface area contributed by atoms with Crippen molar-refractivity contribution in [1.29, 1.82) is 10.5 Å². The summed E-state index contributed by atoms with van der Waals surface area (Å²) < 4.78 is 6.51. The monoisotopic (exact) mass is 603 g/mol. The molecule has 2 unspecified atom stereocenters. The lowest BCUT2D eigenvalue weighted by Crippen LogP contribution is -2.55. The van der Waals surface area contributed by atoms with Crippen LogP contribution in [0.2, 0.25) is 0 Å². The fourth-order valence-electron chi connectivity index (χ4n) is 7.37. The highest BCUT2D eigenvalue weighted by Gasteiger charge is 2.37. The average Bonchev–Trinajstić information content (AvgIpc) is 3.39. The molecule has 0 N–H and O–H groups in total. The predicted octanol–water partition coefficient (Wildman–Crippen LogP) is 4.96. The molecule has 3 aromatic rings. The van der Waals surface area contributed by atoms with Crippen molar-refractivity contribution in [3.63, 3.8) is 0 Å². The summed E-state index contributed by atoms with van der Waals surface area (Å²) in [5.41, 5.74) is 5.51. The Kier molecular flexibility index (Phi) is 8.40. The maximum absolute atomic E-state index is 12.6. The van der Waals surface area contributed by atoms with Crippen LogP contribution in [0.4, 0.5) is 11.4 Å². The maximum atomic E-state index is 12.6. The highest BCUT2D eigenvalue weighted by atomic mass is 16.5. The van der Waals surface area contributed by atoms with E-state index in [0.29, 0.717) is 50.7 Å². The minimum absolute atomic E-state index is 0.133. The maximum Gasteiger partial charge on any atom is 0.246 e. The molecule has 2 aromatic carbocycles. The number of fused-ring (bicyclic) bond motifs is 2. The van der Waals surface area contributed by atoms with Crippen molar-refractivity contribution < 1.29 is 9.53 Å². The summed E-state index contributed by atoms with van der Waals surface area (Å²) >= 11 is 0. The number of amides is 1. The molecule has 0 radical (unpaired) electrons. The molecule has 1 amide bonds. The van der Waals surface area contributed by atoms with Crippen molar-refractivity contribution in [3.05, 3.63) is 71.4 Å². The first-order valence-electron chi connectivity index (χ1n) is 15.9. The molecule has 9 heteroatoms. The van der Waals surface area contributed by atoms with Crippen molar-refractivity contribution >= 4 is 28.1 Å². The van der Waals surface area contributed by atoms with Gasteiger partial charge in [0.1, 0.15) is 18.2 Å². The van der Waals surface area contributed by atoms with Crippen LogP contribution in [-0.2, 0) is 17.8 Å². The number of ether oxygens (including phenoxy) is 1. The van der Waals surface area contributed by atoms with E-state index >= 15 is 0 Å². The van der Waals surface area contributed by atoms with Crippen molar-refractivity contribution in [2.24, 2.45) is 0 Å². The number of aromatic nitrogens is 1. The van der Waals surface area contributed by atoms with Crippen LogP contribution in [0.25, 0.3) is 10.8 Å². The number of pyridine rings is 1. The van der Waals surface area contributed by atoms with Gasteiger partial charge in [0.15, 0.2) is 0 Å². The number of aryl methyl sites for hydroxylation is 1. The van der Waals surface area contributed by atoms with E-state index < -0.39 is 0 Å². The number of hydrogen-bond donors (Lipinski definition) is 0. The molecule has 0 aliphatic carbocycles. The molecular weight excluding hydrogens is 562 g/mol. The molecule has 6 rings (SSSR count). The van der Waals surface area contributed by atoms with Gasteiger partial charge < -0.3 is 19.4 Å². The lowest BCUT2D eigenvalue weighted by atomic mass is 9.95. The number of hydrogen-bond acceptors (Lipinski definition) is 8. The van der Waals surface area contributed by atoms with Crippen LogP contribution >= 0.6 is 0 Å². The Morgan fingerprint density at radius 1 is 1.16 bits per heavy atom. The normalized spacial score (nSPS) is 21.7. The second kappa shape index (κ2) is 12.4. The molecule has 0 saturated carbocycles. The number of nitrogens with zero attached hydrogens (tertiary/aromatic N) is 7. The van der Waals surface area contributed by atoms with Crippen LogP contribution < -0.4 is 14.5 Å². The molecule has 4 heterocycles. The van der Waals surface area contributed by atoms with Crippen molar-refractivity contribution in [2.45, 2.75) is 57.7 Å². The fraction of sp³-hybridized carbons (Fsp3) is 0.444. The van der Waals surface area contributed by atoms with Gasteiger partial charge in [0, 0.05) is 42.8 Å². The Hall–Kier alpha value is -4.60. The fourth-order valence-corrected chi connectivity index (χ4v) is 7.37. The Balaban J connectivity index is 1.42. The van der Waals surface area contributed by atoms with E-state index in [1.54, 1.807) is 4.90 Å². The van der Waals surface area contributed by atoms with Gasteiger partial charge in [-0.2, -0.15) is 10.5 Å². The van der Waals surface area contributed by atoms with Crippen LogP contribution in [0.15, 0.2) is 49.1 Å². The molecular formula is C36H41N7O2. The van der Waals surface area contributed by atoms with E-state index in [2.05, 4.69) is 90.7 Å². The van der Waals surface area contributed by atoms with Gasteiger partial charge in [-0.3, -0.25) is 9.69 Å². The number of nitriles is 2. The number of carbonyl (C=O) groups is 1. The van der Waals surface area contributed by atoms with Crippen LogP contribution in [0, 0.1) is 29.6 Å². The molecule has 2 saturated heterocycles. The second-order valence-electron chi connectivity index (χ2n) is 12.8. The molecule has 3 aliphatic heterocycles. The van der Waals surface area contributed by atoms with Gasteiger partial charge in [-0.05, 0) is 69.8 Å². The van der Waals surface area contributed by atoms with Crippen molar-refractivity contribution in [2.75, 3.05) is 56.2 Å². The first kappa shape index (κ1) is 30.4. The Morgan fingerprint density at radius 3 is 2.67 bits per heavy atom. The summed E-state index contributed by atoms with van der Waals surface area (Å²) in [6.45, 7) is 12.3. The lowest BCUT2D eigenvalue weighted by molar-refractivity contribution is -0.128. The second-order valence-corrected chi connectivity index (χ2v) is 12.8. The van der Waals surface area contributed by atoms with Crippen LogP contribution in [0.1, 0.15) is 48.6 Å². The Bertz CT molecular complexity index is 1720. The zero-order chi connectivity index (χ0) is 31.7. The third-order valence-corrected chi connectivity index (χ3v) is 10.1. The number of benzene rings is 2. The smallest absolute Gasteiger partial charge is 0.246 e. The van der Waals surface area contributed by atoms with Gasteiger partial charge in [-0.25, -0.2) is 4.98 Å². The molecule has 3 aliphatic rings. The van der Waals surface area contributed by atoms with Crippen molar-refractivity contribution in [3.8, 4) is 18.0 Å². The van der Waals surface area contributed by atoms with E-state index in [4.69, 9.17) is 9.72 Å². The molecule has 45 heavy (non-hydrogen) atoms. The highest BCUT2D eigenvalue weighted by Crippen LogP contribution is 2.40. The van der Waals surface area contributed by atoms with Gasteiger partial charge in [0.05, 0.1) is 42.0 Å². The largest absolute Gasteiger partial charge is 0.475 e. The lowest BCUT2D eigenvalue weighted by Gasteiger charge is -2.43. The molecule has 1 aromatic heterocycles. The van der Waals surface area contributed by atoms with Crippen LogP contribution in [0.5, 0.6) is 5.88 Å². The first-order valence-corrected chi connectivity index (χ1v) is 15.9. The van der Waals surface area contributed by atoms with Gasteiger partial charge in [-0.1, -0.05) is 36.9 Å². The van der Waals surface area contributed by atoms with E-state index in [9.17, 15) is 15.3 Å². The Morgan fingerprint density at radius 2 is 1.96 bits per heavy atom. The standard InChI is InChI=1S/C36H41N7O2/c1-5-32(44)43-20-19-42(22-27(43)13-16-37)34-28-14-18-41(31-12-7-11-26-10-6-9-25(2)33(26)31)23-30(28)39-35(29(34)21-38)45-24-36(3)15-8-17-40(36)4/h5-7,9-12,27H,1,8,13-15,17-20,22-24H2,2-4H3. The zero-order valence-corrected chi connectivity index (χ0v) is 26.6. The van der Waals surface area contributed by atoms with Gasteiger partial charge in [-0.15, -0.1) is 0 Å². The molecule has 0 bridgehead atoms. The average molecular weight is 604 g/mol. The summed E-state index contributed by atoms with van der Waals surface area (Å²) in [5.74, 6) is 0.191. The number of carbonyl (C=O) groups excluding carboxylic acids is 1. The number of likely N-dealkylation sites (tertiary alicyclic amines) is 1. The van der Waals surface area contributed by atoms with E-state index in [1.165, 1.54) is 28.1 Å². The third-order valence-electron chi connectivity index (χ3n) is 10.1. The van der Waals surface area contributed by atoms with E-state index in [-0.39, 0.29) is 23.9 Å². The summed E-state index contributed by atoms with van der Waals surface area (Å²) in [6.07, 6.45) is 4.35. The summed E-state index contributed by atoms with van der Waals surface area (Å²) in [7, 11) is 2.12. The van der Waals surface area contributed by atoms with E-state index in [0.717, 1.165) is 42.9 Å². The van der Waals surface area contributed by atoms with Crippen molar-refractivity contribution in [1.82, 2.24) is 14.8 Å². The SMILES string of the molecule is C=CC(=O)N1CCN(c2c(C#N)c(OCC3(C)CCCN3C)nc3c2CCN(c2cccc4cccc(C)c24)C3)CC1CC#N. The van der Waals surface area contributed by atoms with Crippen LogP contribution in [-0.4, -0.2) is 78.7 Å². The highest BCUT2D eigenvalue weighted by molar-refractivity contribution is 5.97. The molecule has 232 valence electrons. The third kappa shape index (κ3) is 5.58. The number of anilines is 2. The minimum Gasteiger partial charge on any atom is -0.475 e. The predicted molar refractivity (Wildman–Crippen MR) is 176 cm³/mol. The van der Waals surface area contributed by atoms with Gasteiger partial charge >= 0.3 is 0 Å². The summed E-state index contributed by atoms with van der Waals surface area (Å²) in [6, 6.07) is 17.3. The van der Waals surface area contributed by atoms with Gasteiger partial charge in [0.2, 0.25) is 11.8 Å². The number of piperazine rings is 1. The quantitative estimate of drug-likeness (QED) is 0.350. The molecule has 2 fully saturated rings. The Labute approximate surface area is 265 Å². The first-order chi connectivity index (χ1) is 21.8. The molecule has 9 nitrogen and oxygen atoms in total. The molecule has 0 spiro atoms. The number of rotatable bonds is 7. The minimum atomic E-state index is -0.307. The molecule has 2 atom stereocenters. The van der Waals surface area contributed by atoms with Crippen LogP contribution in [0.3, 0.4) is 0 Å². The van der Waals surface area contributed by atoms with E-state index in [1.807, 2.05) is 0 Å². The van der Waals surface area contributed by atoms with Gasteiger partial charge in [0.25, 0.3) is 0 Å². The zero-order valence-electron chi connectivity index (χ0n) is 26.6. The summed E-state index contributed by atoms with van der Waals surface area (Å²) in [5, 5.41) is 22.7.